The van der Waals surface area contributed by atoms with Crippen LogP contribution in [0, 0.1) is 5.82 Å². The number of imide groups is 1. The van der Waals surface area contributed by atoms with Gasteiger partial charge in [0.05, 0.1) is 17.5 Å². The Morgan fingerprint density at radius 2 is 1.52 bits per heavy atom. The van der Waals surface area contributed by atoms with Crippen molar-refractivity contribution in [2.45, 2.75) is 12.8 Å². The van der Waals surface area contributed by atoms with Gasteiger partial charge in [-0.1, -0.05) is 35.4 Å². The Balaban J connectivity index is 1.64. The van der Waals surface area contributed by atoms with Crippen LogP contribution < -0.4 is 0 Å². The van der Waals surface area contributed by atoms with Gasteiger partial charge in [-0.05, 0) is 30.2 Å². The van der Waals surface area contributed by atoms with E-state index in [-0.39, 0.29) is 24.0 Å². The van der Waals surface area contributed by atoms with Crippen LogP contribution in [0.4, 0.5) is 4.39 Å². The minimum atomic E-state index is -0.775. The molecule has 0 atom stereocenters. The maximum Gasteiger partial charge on any atom is 0.333 e. The molecular weight excluding hydrogens is 301 g/mol. The molecule has 116 valence electrons. The molecule has 0 radical (unpaired) electrons. The van der Waals surface area contributed by atoms with E-state index in [0.29, 0.717) is 10.6 Å². The number of fused-ring (bicyclic) bond motifs is 1. The van der Waals surface area contributed by atoms with E-state index in [1.807, 2.05) is 0 Å². The Morgan fingerprint density at radius 1 is 0.957 bits per heavy atom. The highest BCUT2D eigenvalue weighted by atomic mass is 19.1. The molecule has 2 aromatic rings. The molecule has 0 aromatic heterocycles. The number of carbonyl (C=O) groups excluding carboxylic acids is 3. The summed E-state index contributed by atoms with van der Waals surface area (Å²) >= 11 is 0. The standard InChI is InChI=1S/C17H12FNO4/c18-14-8-4-1-5-11(14)9-10-15(20)23-19-16(21)12-6-2-3-7-13(12)17(19)22/h1-8H,9-10H2. The normalized spacial score (nSPS) is 13.2. The largest absolute Gasteiger partial charge is 0.333 e. The van der Waals surface area contributed by atoms with Gasteiger partial charge < -0.3 is 4.84 Å². The molecule has 0 N–H and O–H groups in total. The summed E-state index contributed by atoms with van der Waals surface area (Å²) in [5.74, 6) is -2.54. The van der Waals surface area contributed by atoms with Gasteiger partial charge in [0.25, 0.3) is 11.8 Å². The number of hydrogen-bond acceptors (Lipinski definition) is 4. The van der Waals surface area contributed by atoms with E-state index in [0.717, 1.165) is 0 Å². The number of halogens is 1. The van der Waals surface area contributed by atoms with E-state index < -0.39 is 23.6 Å². The fourth-order valence-corrected chi connectivity index (χ4v) is 2.34. The summed E-state index contributed by atoms with van der Waals surface area (Å²) in [4.78, 5) is 40.8. The third-order valence-electron chi connectivity index (χ3n) is 3.51. The Kier molecular flexibility index (Phi) is 3.89. The number of aryl methyl sites for hydroxylation is 1. The smallest absolute Gasteiger partial charge is 0.330 e. The predicted molar refractivity (Wildman–Crippen MR) is 77.8 cm³/mol. The molecule has 0 saturated carbocycles. The van der Waals surface area contributed by atoms with Crippen molar-refractivity contribution in [3.63, 3.8) is 0 Å². The number of hydroxylamine groups is 2. The van der Waals surface area contributed by atoms with Crippen LogP contribution in [0.1, 0.15) is 32.7 Å². The number of rotatable bonds is 4. The number of hydrogen-bond donors (Lipinski definition) is 0. The van der Waals surface area contributed by atoms with E-state index in [4.69, 9.17) is 4.84 Å². The van der Waals surface area contributed by atoms with Crippen LogP contribution in [0.15, 0.2) is 48.5 Å². The fraction of sp³-hybridized carbons (Fsp3) is 0.118. The van der Waals surface area contributed by atoms with Crippen molar-refractivity contribution in [3.05, 3.63) is 71.0 Å². The van der Waals surface area contributed by atoms with Crippen LogP contribution in [0.25, 0.3) is 0 Å². The highest BCUT2D eigenvalue weighted by Crippen LogP contribution is 2.23. The van der Waals surface area contributed by atoms with Gasteiger partial charge >= 0.3 is 5.97 Å². The molecule has 6 heteroatoms. The zero-order chi connectivity index (χ0) is 16.4. The van der Waals surface area contributed by atoms with Crippen molar-refractivity contribution < 1.29 is 23.6 Å². The third-order valence-corrected chi connectivity index (χ3v) is 3.51. The van der Waals surface area contributed by atoms with Gasteiger partial charge in [0.2, 0.25) is 0 Å². The summed E-state index contributed by atoms with van der Waals surface area (Å²) in [5.41, 5.74) is 0.755. The molecule has 0 fully saturated rings. The lowest BCUT2D eigenvalue weighted by molar-refractivity contribution is -0.168. The quantitative estimate of drug-likeness (QED) is 0.814. The first kappa shape index (κ1) is 14.9. The molecule has 1 aliphatic rings. The molecular formula is C17H12FNO4. The first-order valence-corrected chi connectivity index (χ1v) is 7.00. The van der Waals surface area contributed by atoms with Crippen molar-refractivity contribution in [1.29, 1.82) is 0 Å². The molecule has 0 bridgehead atoms. The zero-order valence-electron chi connectivity index (χ0n) is 12.0. The van der Waals surface area contributed by atoms with Gasteiger partial charge in [0.15, 0.2) is 0 Å². The van der Waals surface area contributed by atoms with E-state index in [9.17, 15) is 18.8 Å². The van der Waals surface area contributed by atoms with Crippen LogP contribution in [-0.4, -0.2) is 22.8 Å². The third kappa shape index (κ3) is 2.83. The summed E-state index contributed by atoms with van der Waals surface area (Å²) in [6.07, 6.45) is -0.0248. The topological polar surface area (TPSA) is 63.7 Å². The minimum absolute atomic E-state index is 0.120. The molecule has 0 saturated heterocycles. The summed E-state index contributed by atoms with van der Waals surface area (Å²) in [6.45, 7) is 0. The van der Waals surface area contributed by atoms with Crippen LogP contribution in [-0.2, 0) is 16.1 Å². The van der Waals surface area contributed by atoms with Crippen molar-refractivity contribution in [1.82, 2.24) is 5.06 Å². The second-order valence-electron chi connectivity index (χ2n) is 5.00. The van der Waals surface area contributed by atoms with E-state index in [1.54, 1.807) is 30.3 Å². The first-order chi connectivity index (χ1) is 11.1. The van der Waals surface area contributed by atoms with Crippen LogP contribution >= 0.6 is 0 Å². The lowest BCUT2D eigenvalue weighted by Crippen LogP contribution is -2.32. The van der Waals surface area contributed by atoms with Gasteiger partial charge in [0, 0.05) is 0 Å². The van der Waals surface area contributed by atoms with Gasteiger partial charge in [-0.2, -0.15) is 0 Å². The Morgan fingerprint density at radius 3 is 2.13 bits per heavy atom. The Hall–Kier alpha value is -3.02. The van der Waals surface area contributed by atoms with Gasteiger partial charge in [0.1, 0.15) is 5.82 Å². The first-order valence-electron chi connectivity index (χ1n) is 7.00. The molecule has 0 unspecified atom stereocenters. The Labute approximate surface area is 131 Å². The average Bonchev–Trinajstić information content (AvgIpc) is 2.80. The van der Waals surface area contributed by atoms with E-state index in [1.165, 1.54) is 18.2 Å². The lowest BCUT2D eigenvalue weighted by atomic mass is 10.1. The predicted octanol–water partition coefficient (Wildman–Crippen LogP) is 2.51. The molecule has 5 nitrogen and oxygen atoms in total. The van der Waals surface area contributed by atoms with Crippen LogP contribution in [0.2, 0.25) is 0 Å². The van der Waals surface area contributed by atoms with Gasteiger partial charge in [-0.25, -0.2) is 9.18 Å². The van der Waals surface area contributed by atoms with Gasteiger partial charge in [-0.3, -0.25) is 9.59 Å². The maximum absolute atomic E-state index is 13.5. The van der Waals surface area contributed by atoms with Crippen LogP contribution in [0.5, 0.6) is 0 Å². The van der Waals surface area contributed by atoms with Gasteiger partial charge in [-0.15, -0.1) is 0 Å². The highest BCUT2D eigenvalue weighted by Gasteiger charge is 2.38. The number of amides is 2. The fourth-order valence-electron chi connectivity index (χ4n) is 2.34. The van der Waals surface area contributed by atoms with Crippen molar-refractivity contribution >= 4 is 17.8 Å². The van der Waals surface area contributed by atoms with Crippen molar-refractivity contribution in [2.75, 3.05) is 0 Å². The number of benzene rings is 2. The summed E-state index contributed by atoms with van der Waals surface area (Å²) in [7, 11) is 0. The summed E-state index contributed by atoms with van der Waals surface area (Å²) in [6, 6.07) is 12.3. The molecule has 23 heavy (non-hydrogen) atoms. The van der Waals surface area contributed by atoms with E-state index >= 15 is 0 Å². The molecule has 0 aliphatic carbocycles. The molecule has 0 spiro atoms. The van der Waals surface area contributed by atoms with Crippen molar-refractivity contribution in [3.8, 4) is 0 Å². The molecule has 3 rings (SSSR count). The van der Waals surface area contributed by atoms with Crippen molar-refractivity contribution in [2.24, 2.45) is 0 Å². The second-order valence-corrected chi connectivity index (χ2v) is 5.00. The average molecular weight is 313 g/mol. The number of carbonyl (C=O) groups is 3. The SMILES string of the molecule is O=C(CCc1ccccc1F)ON1C(=O)c2ccccc2C1=O. The lowest BCUT2D eigenvalue weighted by Gasteiger charge is -2.12. The molecule has 1 heterocycles. The molecule has 2 aromatic carbocycles. The monoisotopic (exact) mass is 313 g/mol. The molecule has 2 amide bonds. The zero-order valence-corrected chi connectivity index (χ0v) is 12.0. The maximum atomic E-state index is 13.5. The number of nitrogens with zero attached hydrogens (tertiary/aromatic N) is 1. The highest BCUT2D eigenvalue weighted by molar-refractivity contribution is 6.20. The second kappa shape index (κ2) is 6.00. The summed E-state index contributed by atoms with van der Waals surface area (Å²) in [5, 5.41) is 0.453. The van der Waals surface area contributed by atoms with Crippen LogP contribution in [0.3, 0.4) is 0 Å². The Bertz CT molecular complexity index is 768. The summed E-state index contributed by atoms with van der Waals surface area (Å²) < 4.78 is 13.5. The van der Waals surface area contributed by atoms with E-state index in [2.05, 4.69) is 0 Å². The minimum Gasteiger partial charge on any atom is -0.330 e. The molecule has 1 aliphatic heterocycles.